The highest BCUT2D eigenvalue weighted by Crippen LogP contribution is 2.30. The van der Waals surface area contributed by atoms with Crippen molar-refractivity contribution in [1.82, 2.24) is 0 Å². The second-order valence-corrected chi connectivity index (χ2v) is 4.89. The lowest BCUT2D eigenvalue weighted by atomic mass is 10.0. The van der Waals surface area contributed by atoms with Crippen LogP contribution < -0.4 is 4.90 Å². The van der Waals surface area contributed by atoms with Gasteiger partial charge in [0.05, 0.1) is 6.61 Å². The number of carbonyl (C=O) groups excluding carboxylic acids is 1. The minimum atomic E-state index is -1.56. The van der Waals surface area contributed by atoms with E-state index >= 15 is 0 Å². The summed E-state index contributed by atoms with van der Waals surface area (Å²) < 4.78 is 4.75. The Labute approximate surface area is 118 Å². The molecule has 110 valence electrons. The molecule has 5 nitrogen and oxygen atoms in total. The predicted octanol–water partition coefficient (Wildman–Crippen LogP) is 1.24. The van der Waals surface area contributed by atoms with Crippen molar-refractivity contribution in [1.29, 1.82) is 0 Å². The molecule has 1 heterocycles. The number of aliphatic hydroxyl groups is 2. The Morgan fingerprint density at radius 1 is 1.30 bits per heavy atom. The Morgan fingerprint density at radius 2 is 1.95 bits per heavy atom. The molecule has 0 aromatic heterocycles. The summed E-state index contributed by atoms with van der Waals surface area (Å²) >= 11 is 0. The molecule has 5 heteroatoms. The normalized spacial score (nSPS) is 17.9. The van der Waals surface area contributed by atoms with E-state index in [0.717, 1.165) is 31.6 Å². The highest BCUT2D eigenvalue weighted by atomic mass is 16.5. The minimum absolute atomic E-state index is 0.177. The molecule has 0 radical (unpaired) electrons. The van der Waals surface area contributed by atoms with Crippen molar-refractivity contribution < 1.29 is 19.7 Å². The van der Waals surface area contributed by atoms with Gasteiger partial charge in [-0.05, 0) is 25.8 Å². The summed E-state index contributed by atoms with van der Waals surface area (Å²) in [5.74, 6) is -0.795. The summed E-state index contributed by atoms with van der Waals surface area (Å²) in [7, 11) is 0. The lowest BCUT2D eigenvalue weighted by molar-refractivity contribution is -0.159. The number of ether oxygens (including phenoxy) is 1. The van der Waals surface area contributed by atoms with Gasteiger partial charge in [0, 0.05) is 24.3 Å². The summed E-state index contributed by atoms with van der Waals surface area (Å²) in [5, 5.41) is 20.1. The van der Waals surface area contributed by atoms with Gasteiger partial charge in [0.2, 0.25) is 0 Å². The van der Waals surface area contributed by atoms with Gasteiger partial charge in [-0.3, -0.25) is 0 Å². The average molecular weight is 279 g/mol. The zero-order valence-corrected chi connectivity index (χ0v) is 11.7. The van der Waals surface area contributed by atoms with Gasteiger partial charge >= 0.3 is 5.97 Å². The maximum atomic E-state index is 11.5. The van der Waals surface area contributed by atoms with Crippen LogP contribution in [0.2, 0.25) is 0 Å². The molecule has 1 aliphatic heterocycles. The van der Waals surface area contributed by atoms with E-state index in [1.807, 2.05) is 12.1 Å². The second-order valence-electron chi connectivity index (χ2n) is 4.89. The molecule has 1 aromatic rings. The third-order valence-electron chi connectivity index (χ3n) is 3.53. The van der Waals surface area contributed by atoms with E-state index in [1.54, 1.807) is 19.1 Å². The van der Waals surface area contributed by atoms with E-state index < -0.39 is 18.2 Å². The Hall–Kier alpha value is -1.59. The summed E-state index contributed by atoms with van der Waals surface area (Å²) in [6.07, 6.45) is -0.597. The molecule has 2 rings (SSSR count). The number of hydrogen-bond acceptors (Lipinski definition) is 5. The number of esters is 1. The molecular weight excluding hydrogens is 258 g/mol. The van der Waals surface area contributed by atoms with Crippen molar-refractivity contribution >= 4 is 11.7 Å². The Balaban J connectivity index is 2.20. The van der Waals surface area contributed by atoms with Crippen molar-refractivity contribution in [3.63, 3.8) is 0 Å². The Bertz CT molecular complexity index is 457. The van der Waals surface area contributed by atoms with Crippen molar-refractivity contribution in [3.8, 4) is 0 Å². The van der Waals surface area contributed by atoms with Crippen molar-refractivity contribution in [3.05, 3.63) is 29.8 Å². The van der Waals surface area contributed by atoms with Crippen LogP contribution in [0.5, 0.6) is 0 Å². The smallest absolute Gasteiger partial charge is 0.338 e. The van der Waals surface area contributed by atoms with Crippen LogP contribution in [-0.2, 0) is 9.53 Å². The van der Waals surface area contributed by atoms with Crippen LogP contribution in [0, 0.1) is 0 Å². The molecule has 0 amide bonds. The minimum Gasteiger partial charge on any atom is -0.464 e. The first-order valence-electron chi connectivity index (χ1n) is 7.01. The summed E-state index contributed by atoms with van der Waals surface area (Å²) in [6.45, 7) is 3.70. The van der Waals surface area contributed by atoms with E-state index in [9.17, 15) is 15.0 Å². The van der Waals surface area contributed by atoms with Crippen LogP contribution in [0.15, 0.2) is 24.3 Å². The monoisotopic (exact) mass is 279 g/mol. The molecule has 0 spiro atoms. The van der Waals surface area contributed by atoms with E-state index in [2.05, 4.69) is 4.90 Å². The third-order valence-corrected chi connectivity index (χ3v) is 3.53. The standard InChI is InChI=1S/C15H21NO4/c1-2-20-15(19)14(18)13(17)11-7-3-4-8-12(11)16-9-5-6-10-16/h3-4,7-8,13-14,17-18H,2,5-6,9-10H2,1H3. The molecule has 0 bridgehead atoms. The fourth-order valence-electron chi connectivity index (χ4n) is 2.51. The summed E-state index contributed by atoms with van der Waals surface area (Å²) in [4.78, 5) is 13.7. The Morgan fingerprint density at radius 3 is 2.60 bits per heavy atom. The van der Waals surface area contributed by atoms with E-state index in [1.165, 1.54) is 0 Å². The van der Waals surface area contributed by atoms with Crippen molar-refractivity contribution in [2.24, 2.45) is 0 Å². The quantitative estimate of drug-likeness (QED) is 0.794. The highest BCUT2D eigenvalue weighted by molar-refractivity contribution is 5.76. The molecule has 1 saturated heterocycles. The van der Waals surface area contributed by atoms with Gasteiger partial charge in [0.25, 0.3) is 0 Å². The number of hydrogen-bond donors (Lipinski definition) is 2. The average Bonchev–Trinajstić information content (AvgIpc) is 3.00. The van der Waals surface area contributed by atoms with E-state index in [-0.39, 0.29) is 6.61 Å². The molecule has 2 atom stereocenters. The first kappa shape index (κ1) is 14.8. The van der Waals surface area contributed by atoms with E-state index in [0.29, 0.717) is 5.56 Å². The summed E-state index contributed by atoms with van der Waals surface area (Å²) in [5.41, 5.74) is 1.44. The zero-order valence-electron chi connectivity index (χ0n) is 11.7. The van der Waals surface area contributed by atoms with Gasteiger partial charge in [-0.1, -0.05) is 18.2 Å². The molecule has 2 N–H and O–H groups in total. The van der Waals surface area contributed by atoms with E-state index in [4.69, 9.17) is 4.74 Å². The number of rotatable bonds is 5. The number of nitrogens with zero attached hydrogens (tertiary/aromatic N) is 1. The number of aliphatic hydroxyl groups excluding tert-OH is 2. The van der Waals surface area contributed by atoms with Crippen molar-refractivity contribution in [2.75, 3.05) is 24.6 Å². The van der Waals surface area contributed by atoms with Crippen LogP contribution in [0.25, 0.3) is 0 Å². The topological polar surface area (TPSA) is 70.0 Å². The largest absolute Gasteiger partial charge is 0.464 e. The zero-order chi connectivity index (χ0) is 14.5. The van der Waals surface area contributed by atoms with Crippen LogP contribution >= 0.6 is 0 Å². The lowest BCUT2D eigenvalue weighted by Gasteiger charge is -2.25. The van der Waals surface area contributed by atoms with Gasteiger partial charge in [-0.25, -0.2) is 4.79 Å². The maximum absolute atomic E-state index is 11.5. The van der Waals surface area contributed by atoms with Gasteiger partial charge in [-0.2, -0.15) is 0 Å². The lowest BCUT2D eigenvalue weighted by Crippen LogP contribution is -2.31. The fourth-order valence-corrected chi connectivity index (χ4v) is 2.51. The first-order valence-corrected chi connectivity index (χ1v) is 7.01. The SMILES string of the molecule is CCOC(=O)C(O)C(O)c1ccccc1N1CCCC1. The van der Waals surface area contributed by atoms with Crippen molar-refractivity contribution in [2.45, 2.75) is 32.0 Å². The maximum Gasteiger partial charge on any atom is 0.338 e. The molecular formula is C15H21NO4. The molecule has 1 aliphatic rings. The second kappa shape index (κ2) is 6.72. The van der Waals surface area contributed by atoms with Gasteiger partial charge in [0.15, 0.2) is 6.10 Å². The number of carbonyl (C=O) groups is 1. The van der Waals surface area contributed by atoms with Crippen LogP contribution in [0.1, 0.15) is 31.4 Å². The molecule has 1 fully saturated rings. The molecule has 2 unspecified atom stereocenters. The molecule has 0 saturated carbocycles. The third kappa shape index (κ3) is 3.11. The predicted molar refractivity (Wildman–Crippen MR) is 75.5 cm³/mol. The van der Waals surface area contributed by atoms with Crippen LogP contribution in [0.4, 0.5) is 5.69 Å². The highest BCUT2D eigenvalue weighted by Gasteiger charge is 2.30. The summed E-state index contributed by atoms with van der Waals surface area (Å²) in [6, 6.07) is 7.32. The number of benzene rings is 1. The fraction of sp³-hybridized carbons (Fsp3) is 0.533. The number of anilines is 1. The van der Waals surface area contributed by atoms with Gasteiger partial charge in [0.1, 0.15) is 6.10 Å². The van der Waals surface area contributed by atoms with Crippen LogP contribution in [0.3, 0.4) is 0 Å². The molecule has 20 heavy (non-hydrogen) atoms. The first-order chi connectivity index (χ1) is 9.65. The molecule has 1 aromatic carbocycles. The van der Waals surface area contributed by atoms with Gasteiger partial charge in [-0.15, -0.1) is 0 Å². The molecule has 0 aliphatic carbocycles. The number of para-hydroxylation sites is 1. The van der Waals surface area contributed by atoms with Crippen LogP contribution in [-0.4, -0.2) is 42.0 Å². The Kier molecular flexibility index (Phi) is 4.98. The van der Waals surface area contributed by atoms with Gasteiger partial charge < -0.3 is 19.8 Å².